The molecule has 2 aliphatic carbocycles. The van der Waals surface area contributed by atoms with Gasteiger partial charge in [-0.3, -0.25) is 4.90 Å². The van der Waals surface area contributed by atoms with Gasteiger partial charge >= 0.3 is 0 Å². The maximum absolute atomic E-state index is 3.90. The minimum Gasteiger partial charge on any atom is -0.308 e. The van der Waals surface area contributed by atoms with Gasteiger partial charge < -0.3 is 5.32 Å². The molecule has 0 aromatic carbocycles. The summed E-state index contributed by atoms with van der Waals surface area (Å²) in [6.07, 6.45) is 7.19. The van der Waals surface area contributed by atoms with Crippen LogP contribution in [0.1, 0.15) is 52.9 Å². The topological polar surface area (TPSA) is 15.3 Å². The molecule has 2 heteroatoms. The summed E-state index contributed by atoms with van der Waals surface area (Å²) >= 11 is 0. The number of hydrogen-bond acceptors (Lipinski definition) is 2. The molecule has 2 nitrogen and oxygen atoms in total. The van der Waals surface area contributed by atoms with Crippen molar-refractivity contribution in [3.8, 4) is 0 Å². The normalized spacial score (nSPS) is 39.8. The molecule has 3 fully saturated rings. The molecule has 0 bridgehead atoms. The Kier molecular flexibility index (Phi) is 3.44. The molecule has 104 valence electrons. The second-order valence-corrected chi connectivity index (χ2v) is 7.40. The lowest BCUT2D eigenvalue weighted by atomic mass is 9.86. The fourth-order valence-electron chi connectivity index (χ4n) is 3.72. The number of nitrogens with zero attached hydrogens (tertiary/aromatic N) is 1. The first-order valence-corrected chi connectivity index (χ1v) is 8.11. The Hall–Kier alpha value is -0.0800. The highest BCUT2D eigenvalue weighted by Gasteiger charge is 2.47. The highest BCUT2D eigenvalue weighted by atomic mass is 15.3. The zero-order valence-electron chi connectivity index (χ0n) is 12.4. The van der Waals surface area contributed by atoms with Crippen LogP contribution in [0.25, 0.3) is 0 Å². The van der Waals surface area contributed by atoms with Crippen LogP contribution in [0.15, 0.2) is 0 Å². The highest BCUT2D eigenvalue weighted by Crippen LogP contribution is 2.42. The third-order valence-corrected chi connectivity index (χ3v) is 5.68. The summed E-state index contributed by atoms with van der Waals surface area (Å²) in [6, 6.07) is 0.780. The van der Waals surface area contributed by atoms with E-state index in [2.05, 4.69) is 31.0 Å². The van der Waals surface area contributed by atoms with Crippen molar-refractivity contribution in [3.63, 3.8) is 0 Å². The van der Waals surface area contributed by atoms with Crippen molar-refractivity contribution in [2.75, 3.05) is 19.6 Å². The Balaban J connectivity index is 1.67. The first kappa shape index (κ1) is 12.9. The van der Waals surface area contributed by atoms with Crippen molar-refractivity contribution in [1.82, 2.24) is 10.2 Å². The van der Waals surface area contributed by atoms with E-state index in [0.29, 0.717) is 5.54 Å². The first-order valence-electron chi connectivity index (χ1n) is 8.11. The van der Waals surface area contributed by atoms with Crippen LogP contribution in [0, 0.1) is 17.8 Å². The molecule has 3 unspecified atom stereocenters. The number of rotatable bonds is 5. The summed E-state index contributed by atoms with van der Waals surface area (Å²) < 4.78 is 0. The average Bonchev–Trinajstić information content (AvgIpc) is 3.20. The molecule has 3 atom stereocenters. The Bertz CT molecular complexity index is 295. The maximum Gasteiger partial charge on any atom is 0.0309 e. The van der Waals surface area contributed by atoms with Crippen LogP contribution in [0.5, 0.6) is 0 Å². The van der Waals surface area contributed by atoms with E-state index in [9.17, 15) is 0 Å². The van der Waals surface area contributed by atoms with Crippen molar-refractivity contribution < 1.29 is 0 Å². The fourth-order valence-corrected chi connectivity index (χ4v) is 3.72. The van der Waals surface area contributed by atoms with Gasteiger partial charge in [-0.25, -0.2) is 0 Å². The Labute approximate surface area is 113 Å². The molecule has 0 aromatic rings. The summed E-state index contributed by atoms with van der Waals surface area (Å²) in [4.78, 5) is 2.85. The van der Waals surface area contributed by atoms with Crippen LogP contribution in [0.2, 0.25) is 0 Å². The lowest BCUT2D eigenvalue weighted by Crippen LogP contribution is -2.65. The van der Waals surface area contributed by atoms with Gasteiger partial charge in [0.15, 0.2) is 0 Å². The van der Waals surface area contributed by atoms with E-state index in [-0.39, 0.29) is 0 Å². The van der Waals surface area contributed by atoms with Gasteiger partial charge in [-0.15, -0.1) is 0 Å². The number of nitrogens with one attached hydrogen (secondary N) is 1. The van der Waals surface area contributed by atoms with Gasteiger partial charge in [0.05, 0.1) is 0 Å². The Morgan fingerprint density at radius 3 is 2.56 bits per heavy atom. The first-order chi connectivity index (χ1) is 8.62. The minimum atomic E-state index is 0.416. The summed E-state index contributed by atoms with van der Waals surface area (Å²) in [5, 5.41) is 3.90. The van der Waals surface area contributed by atoms with Gasteiger partial charge in [-0.1, -0.05) is 20.3 Å². The van der Waals surface area contributed by atoms with Gasteiger partial charge in [-0.05, 0) is 50.4 Å². The summed E-state index contributed by atoms with van der Waals surface area (Å²) in [7, 11) is 0. The van der Waals surface area contributed by atoms with Crippen molar-refractivity contribution in [3.05, 3.63) is 0 Å². The zero-order chi connectivity index (χ0) is 12.8. The van der Waals surface area contributed by atoms with Crippen LogP contribution in [0.3, 0.4) is 0 Å². The van der Waals surface area contributed by atoms with Gasteiger partial charge in [-0.2, -0.15) is 0 Å². The molecule has 1 heterocycles. The predicted molar refractivity (Wildman–Crippen MR) is 76.7 cm³/mol. The molecule has 1 N–H and O–H groups in total. The molecular formula is C16H30N2. The van der Waals surface area contributed by atoms with Gasteiger partial charge in [0.1, 0.15) is 0 Å². The van der Waals surface area contributed by atoms with Crippen molar-refractivity contribution in [2.45, 2.75) is 64.5 Å². The third kappa shape index (κ3) is 2.60. The van der Waals surface area contributed by atoms with Crippen LogP contribution in [-0.2, 0) is 0 Å². The molecule has 18 heavy (non-hydrogen) atoms. The predicted octanol–water partition coefficient (Wildman–Crippen LogP) is 2.89. The molecule has 1 saturated heterocycles. The second-order valence-electron chi connectivity index (χ2n) is 7.40. The van der Waals surface area contributed by atoms with Gasteiger partial charge in [0.25, 0.3) is 0 Å². The third-order valence-electron chi connectivity index (χ3n) is 5.68. The smallest absolute Gasteiger partial charge is 0.0309 e. The van der Waals surface area contributed by atoms with Crippen LogP contribution in [0.4, 0.5) is 0 Å². The van der Waals surface area contributed by atoms with Crippen LogP contribution < -0.4 is 5.32 Å². The lowest BCUT2D eigenvalue weighted by Gasteiger charge is -2.48. The van der Waals surface area contributed by atoms with Crippen molar-refractivity contribution >= 4 is 0 Å². The summed E-state index contributed by atoms with van der Waals surface area (Å²) in [5.41, 5.74) is 0.416. The lowest BCUT2D eigenvalue weighted by molar-refractivity contribution is 0.0440. The average molecular weight is 250 g/mol. The standard InChI is InChI=1S/C16H30N2/c1-4-12(2)15-9-17-16(3,14-7-8-14)11-18(15)10-13-5-6-13/h12-15,17H,4-11H2,1-3H3. The SMILES string of the molecule is CCC(C)C1CNC(C)(C2CC2)CN1CC1CC1. The quantitative estimate of drug-likeness (QED) is 0.807. The highest BCUT2D eigenvalue weighted by molar-refractivity contribution is 5.05. The van der Waals surface area contributed by atoms with E-state index < -0.39 is 0 Å². The van der Waals surface area contributed by atoms with Crippen LogP contribution >= 0.6 is 0 Å². The molecule has 3 aliphatic rings. The Morgan fingerprint density at radius 1 is 1.28 bits per heavy atom. The van der Waals surface area contributed by atoms with Crippen molar-refractivity contribution in [2.24, 2.45) is 17.8 Å². The number of piperazine rings is 1. The minimum absolute atomic E-state index is 0.416. The maximum atomic E-state index is 3.90. The van der Waals surface area contributed by atoms with E-state index >= 15 is 0 Å². The summed E-state index contributed by atoms with van der Waals surface area (Å²) in [6.45, 7) is 11.1. The van der Waals surface area contributed by atoms with E-state index in [1.54, 1.807) is 0 Å². The number of hydrogen-bond donors (Lipinski definition) is 1. The fraction of sp³-hybridized carbons (Fsp3) is 1.00. The molecule has 0 aromatic heterocycles. The van der Waals surface area contributed by atoms with Crippen molar-refractivity contribution in [1.29, 1.82) is 0 Å². The molecule has 3 rings (SSSR count). The van der Waals surface area contributed by atoms with Crippen LogP contribution in [-0.4, -0.2) is 36.1 Å². The van der Waals surface area contributed by atoms with E-state index in [1.807, 2.05) is 0 Å². The molecule has 0 radical (unpaired) electrons. The molecular weight excluding hydrogens is 220 g/mol. The van der Waals surface area contributed by atoms with E-state index in [0.717, 1.165) is 23.8 Å². The molecule has 0 amide bonds. The Morgan fingerprint density at radius 2 is 2.00 bits per heavy atom. The largest absolute Gasteiger partial charge is 0.308 e. The monoisotopic (exact) mass is 250 g/mol. The van der Waals surface area contributed by atoms with E-state index in [4.69, 9.17) is 0 Å². The van der Waals surface area contributed by atoms with E-state index in [1.165, 1.54) is 51.7 Å². The second kappa shape index (κ2) is 4.79. The molecule has 2 saturated carbocycles. The van der Waals surface area contributed by atoms with Gasteiger partial charge in [0, 0.05) is 31.2 Å². The van der Waals surface area contributed by atoms with Gasteiger partial charge in [0.2, 0.25) is 0 Å². The molecule has 1 aliphatic heterocycles. The summed E-state index contributed by atoms with van der Waals surface area (Å²) in [5.74, 6) is 2.81. The zero-order valence-corrected chi connectivity index (χ0v) is 12.4. The molecule has 0 spiro atoms.